The van der Waals surface area contributed by atoms with Crippen molar-refractivity contribution in [2.75, 3.05) is 7.11 Å². The Kier molecular flexibility index (Phi) is 2.70. The molecule has 1 atom stereocenters. The lowest BCUT2D eigenvalue weighted by Gasteiger charge is -2.27. The van der Waals surface area contributed by atoms with Crippen LogP contribution >= 0.6 is 0 Å². The fourth-order valence-electron chi connectivity index (χ4n) is 2.76. The van der Waals surface area contributed by atoms with Gasteiger partial charge in [0.25, 0.3) is 0 Å². The summed E-state index contributed by atoms with van der Waals surface area (Å²) in [6.45, 7) is 4.59. The first-order valence-corrected chi connectivity index (χ1v) is 5.89. The Labute approximate surface area is 97.8 Å². The standard InChI is InChI=1S/C14H21NO/c1-13(2)8-9-14(15,10-13)11-4-6-12(16-3)7-5-11/h4-7H,8-10,15H2,1-3H3. The van der Waals surface area contributed by atoms with Crippen molar-refractivity contribution >= 4 is 0 Å². The maximum Gasteiger partial charge on any atom is 0.118 e. The van der Waals surface area contributed by atoms with Gasteiger partial charge in [0.2, 0.25) is 0 Å². The summed E-state index contributed by atoms with van der Waals surface area (Å²) >= 11 is 0. The Balaban J connectivity index is 2.23. The summed E-state index contributed by atoms with van der Waals surface area (Å²) < 4.78 is 5.16. The summed E-state index contributed by atoms with van der Waals surface area (Å²) in [5, 5.41) is 0. The molecule has 2 nitrogen and oxygen atoms in total. The quantitative estimate of drug-likeness (QED) is 0.829. The van der Waals surface area contributed by atoms with E-state index in [-0.39, 0.29) is 5.54 Å². The summed E-state index contributed by atoms with van der Waals surface area (Å²) in [6.07, 6.45) is 3.34. The lowest BCUT2D eigenvalue weighted by Crippen LogP contribution is -2.34. The topological polar surface area (TPSA) is 35.2 Å². The highest BCUT2D eigenvalue weighted by atomic mass is 16.5. The van der Waals surface area contributed by atoms with E-state index >= 15 is 0 Å². The molecule has 88 valence electrons. The minimum atomic E-state index is -0.143. The lowest BCUT2D eigenvalue weighted by molar-refractivity contribution is 0.339. The molecule has 0 aromatic heterocycles. The zero-order valence-electron chi connectivity index (χ0n) is 10.4. The second kappa shape index (κ2) is 3.77. The van der Waals surface area contributed by atoms with Crippen molar-refractivity contribution in [3.8, 4) is 5.75 Å². The summed E-state index contributed by atoms with van der Waals surface area (Å²) in [4.78, 5) is 0. The van der Waals surface area contributed by atoms with Crippen LogP contribution < -0.4 is 10.5 Å². The van der Waals surface area contributed by atoms with Gasteiger partial charge in [0.05, 0.1) is 7.11 Å². The Morgan fingerprint density at radius 3 is 2.19 bits per heavy atom. The van der Waals surface area contributed by atoms with Crippen LogP contribution in [-0.4, -0.2) is 7.11 Å². The van der Waals surface area contributed by atoms with E-state index in [1.54, 1.807) is 7.11 Å². The molecule has 0 heterocycles. The molecule has 1 fully saturated rings. The van der Waals surface area contributed by atoms with Gasteiger partial charge in [-0.15, -0.1) is 0 Å². The van der Waals surface area contributed by atoms with E-state index in [0.29, 0.717) is 5.41 Å². The number of benzene rings is 1. The minimum absolute atomic E-state index is 0.143. The van der Waals surface area contributed by atoms with Crippen LogP contribution in [0.3, 0.4) is 0 Å². The second-order valence-corrected chi connectivity index (χ2v) is 5.73. The first kappa shape index (κ1) is 11.5. The molecular formula is C14H21NO. The molecule has 1 aliphatic carbocycles. The predicted octanol–water partition coefficient (Wildman–Crippen LogP) is 3.06. The second-order valence-electron chi connectivity index (χ2n) is 5.73. The van der Waals surface area contributed by atoms with Crippen molar-refractivity contribution in [3.63, 3.8) is 0 Å². The predicted molar refractivity (Wildman–Crippen MR) is 66.5 cm³/mol. The zero-order valence-corrected chi connectivity index (χ0v) is 10.4. The average molecular weight is 219 g/mol. The molecule has 2 heteroatoms. The largest absolute Gasteiger partial charge is 0.497 e. The highest BCUT2D eigenvalue weighted by Crippen LogP contribution is 2.47. The van der Waals surface area contributed by atoms with E-state index in [9.17, 15) is 0 Å². The normalized spacial score (nSPS) is 28.0. The van der Waals surface area contributed by atoms with Gasteiger partial charge in [0, 0.05) is 5.54 Å². The molecule has 1 saturated carbocycles. The van der Waals surface area contributed by atoms with Crippen LogP contribution in [-0.2, 0) is 5.54 Å². The molecule has 16 heavy (non-hydrogen) atoms. The van der Waals surface area contributed by atoms with Crippen LogP contribution in [0.1, 0.15) is 38.7 Å². The van der Waals surface area contributed by atoms with Crippen LogP contribution in [0.4, 0.5) is 0 Å². The van der Waals surface area contributed by atoms with Crippen molar-refractivity contribution in [1.82, 2.24) is 0 Å². The van der Waals surface area contributed by atoms with Gasteiger partial charge >= 0.3 is 0 Å². The number of methoxy groups -OCH3 is 1. The first-order valence-electron chi connectivity index (χ1n) is 5.89. The highest BCUT2D eigenvalue weighted by Gasteiger charge is 2.41. The molecular weight excluding hydrogens is 198 g/mol. The van der Waals surface area contributed by atoms with Crippen LogP contribution in [0.15, 0.2) is 24.3 Å². The van der Waals surface area contributed by atoms with Crippen molar-refractivity contribution in [2.24, 2.45) is 11.1 Å². The van der Waals surface area contributed by atoms with Crippen LogP contribution in [0, 0.1) is 5.41 Å². The number of hydrogen-bond acceptors (Lipinski definition) is 2. The third-order valence-corrected chi connectivity index (χ3v) is 3.71. The van der Waals surface area contributed by atoms with E-state index in [1.807, 2.05) is 12.1 Å². The maximum atomic E-state index is 6.51. The molecule has 0 bridgehead atoms. The van der Waals surface area contributed by atoms with E-state index in [0.717, 1.165) is 18.6 Å². The Morgan fingerprint density at radius 2 is 1.75 bits per heavy atom. The minimum Gasteiger partial charge on any atom is -0.497 e. The summed E-state index contributed by atoms with van der Waals surface area (Å²) in [5.74, 6) is 0.893. The molecule has 1 aromatic carbocycles. The monoisotopic (exact) mass is 219 g/mol. The molecule has 1 aromatic rings. The Hall–Kier alpha value is -1.02. The van der Waals surface area contributed by atoms with Gasteiger partial charge in [-0.25, -0.2) is 0 Å². The molecule has 2 rings (SSSR count). The number of rotatable bonds is 2. The van der Waals surface area contributed by atoms with Gasteiger partial charge in [-0.05, 0) is 42.4 Å². The number of ether oxygens (including phenoxy) is 1. The van der Waals surface area contributed by atoms with Gasteiger partial charge in [0.15, 0.2) is 0 Å². The fraction of sp³-hybridized carbons (Fsp3) is 0.571. The third kappa shape index (κ3) is 2.07. The van der Waals surface area contributed by atoms with Gasteiger partial charge in [-0.2, -0.15) is 0 Å². The summed E-state index contributed by atoms with van der Waals surface area (Å²) in [7, 11) is 1.69. The Morgan fingerprint density at radius 1 is 1.12 bits per heavy atom. The number of nitrogens with two attached hydrogens (primary N) is 1. The van der Waals surface area contributed by atoms with Gasteiger partial charge in [-0.1, -0.05) is 26.0 Å². The average Bonchev–Trinajstić information content (AvgIpc) is 2.54. The molecule has 0 amide bonds. The van der Waals surface area contributed by atoms with Crippen molar-refractivity contribution in [3.05, 3.63) is 29.8 Å². The van der Waals surface area contributed by atoms with E-state index in [4.69, 9.17) is 10.5 Å². The van der Waals surface area contributed by atoms with Gasteiger partial charge in [0.1, 0.15) is 5.75 Å². The first-order chi connectivity index (χ1) is 7.45. The Bertz CT molecular complexity index is 369. The van der Waals surface area contributed by atoms with Gasteiger partial charge in [-0.3, -0.25) is 0 Å². The highest BCUT2D eigenvalue weighted by molar-refractivity contribution is 5.32. The molecule has 1 aliphatic rings. The molecule has 0 radical (unpaired) electrons. The van der Waals surface area contributed by atoms with Crippen LogP contribution in [0.5, 0.6) is 5.75 Å². The van der Waals surface area contributed by atoms with Crippen molar-refractivity contribution in [1.29, 1.82) is 0 Å². The van der Waals surface area contributed by atoms with E-state index in [2.05, 4.69) is 26.0 Å². The smallest absolute Gasteiger partial charge is 0.118 e. The summed E-state index contributed by atoms with van der Waals surface area (Å²) in [5.41, 5.74) is 7.97. The van der Waals surface area contributed by atoms with Crippen molar-refractivity contribution in [2.45, 2.75) is 38.6 Å². The summed E-state index contributed by atoms with van der Waals surface area (Å²) in [6, 6.07) is 8.19. The maximum absolute atomic E-state index is 6.51. The molecule has 0 aliphatic heterocycles. The van der Waals surface area contributed by atoms with Gasteiger partial charge < -0.3 is 10.5 Å². The zero-order chi connectivity index (χ0) is 11.8. The van der Waals surface area contributed by atoms with Crippen LogP contribution in [0.25, 0.3) is 0 Å². The van der Waals surface area contributed by atoms with E-state index in [1.165, 1.54) is 12.0 Å². The molecule has 0 spiro atoms. The SMILES string of the molecule is COc1ccc(C2(N)CCC(C)(C)C2)cc1. The number of hydrogen-bond donors (Lipinski definition) is 1. The molecule has 2 N–H and O–H groups in total. The molecule has 0 saturated heterocycles. The third-order valence-electron chi connectivity index (χ3n) is 3.71. The van der Waals surface area contributed by atoms with Crippen LogP contribution in [0.2, 0.25) is 0 Å². The molecule has 1 unspecified atom stereocenters. The fourth-order valence-corrected chi connectivity index (χ4v) is 2.76. The van der Waals surface area contributed by atoms with Crippen molar-refractivity contribution < 1.29 is 4.74 Å². The van der Waals surface area contributed by atoms with E-state index < -0.39 is 0 Å². The lowest BCUT2D eigenvalue weighted by atomic mass is 9.84.